The molecule has 0 atom stereocenters. The molecule has 0 aliphatic carbocycles. The first-order chi connectivity index (χ1) is 11.6. The third kappa shape index (κ3) is 8.03. The number of carbonyl (C=O) groups excluding carboxylic acids is 2. The van der Waals surface area contributed by atoms with Gasteiger partial charge in [0.15, 0.2) is 5.11 Å². The summed E-state index contributed by atoms with van der Waals surface area (Å²) in [4.78, 5) is 23.7. The van der Waals surface area contributed by atoms with Crippen molar-refractivity contribution < 1.29 is 14.3 Å². The van der Waals surface area contributed by atoms with Crippen molar-refractivity contribution in [1.29, 1.82) is 0 Å². The van der Waals surface area contributed by atoms with Crippen LogP contribution in [0.5, 0.6) is 0 Å². The van der Waals surface area contributed by atoms with E-state index in [1.807, 2.05) is 6.92 Å². The fourth-order valence-electron chi connectivity index (χ4n) is 1.95. The number of amides is 2. The number of thiocarbonyl (C=S) groups is 1. The van der Waals surface area contributed by atoms with E-state index in [9.17, 15) is 9.59 Å². The Morgan fingerprint density at radius 2 is 2.04 bits per heavy atom. The largest absolute Gasteiger partial charge is 0.385 e. The van der Waals surface area contributed by atoms with Crippen LogP contribution >= 0.6 is 12.2 Å². The van der Waals surface area contributed by atoms with Gasteiger partial charge >= 0.3 is 0 Å². The molecule has 0 aliphatic heterocycles. The molecule has 0 aromatic heterocycles. The highest BCUT2D eigenvalue weighted by Gasteiger charge is 2.08. The Hall–Kier alpha value is -1.99. The van der Waals surface area contributed by atoms with Gasteiger partial charge in [0.1, 0.15) is 0 Å². The Morgan fingerprint density at radius 1 is 1.25 bits per heavy atom. The van der Waals surface area contributed by atoms with Crippen LogP contribution in [-0.4, -0.2) is 37.2 Å². The quantitative estimate of drug-likeness (QED) is 0.470. The van der Waals surface area contributed by atoms with Gasteiger partial charge < -0.3 is 20.7 Å². The second-order valence-electron chi connectivity index (χ2n) is 5.29. The minimum Gasteiger partial charge on any atom is -0.385 e. The molecule has 3 N–H and O–H groups in total. The van der Waals surface area contributed by atoms with Crippen molar-refractivity contribution in [1.82, 2.24) is 10.6 Å². The SMILES string of the molecule is CCCCC(=O)NC(=S)Nc1cccc(C(=O)NCCCOC)c1. The predicted octanol–water partition coefficient (Wildman–Crippen LogP) is 2.46. The third-order valence-electron chi connectivity index (χ3n) is 3.20. The predicted molar refractivity (Wildman–Crippen MR) is 99.2 cm³/mol. The van der Waals surface area contributed by atoms with E-state index in [1.165, 1.54) is 0 Å². The lowest BCUT2D eigenvalue weighted by Gasteiger charge is -2.11. The molecule has 132 valence electrons. The number of anilines is 1. The van der Waals surface area contributed by atoms with Crippen LogP contribution < -0.4 is 16.0 Å². The minimum atomic E-state index is -0.160. The molecule has 0 saturated carbocycles. The summed E-state index contributed by atoms with van der Waals surface area (Å²) >= 11 is 5.11. The van der Waals surface area contributed by atoms with Crippen molar-refractivity contribution in [3.8, 4) is 0 Å². The zero-order valence-electron chi connectivity index (χ0n) is 14.2. The van der Waals surface area contributed by atoms with Crippen molar-refractivity contribution in [2.24, 2.45) is 0 Å². The maximum atomic E-state index is 12.1. The molecule has 0 fully saturated rings. The van der Waals surface area contributed by atoms with E-state index in [2.05, 4.69) is 16.0 Å². The Balaban J connectivity index is 2.50. The maximum absolute atomic E-state index is 12.1. The van der Waals surface area contributed by atoms with Crippen LogP contribution in [0.15, 0.2) is 24.3 Å². The molecular weight excluding hydrogens is 326 g/mol. The number of carbonyl (C=O) groups is 2. The Kier molecular flexibility index (Phi) is 9.64. The fourth-order valence-corrected chi connectivity index (χ4v) is 2.18. The van der Waals surface area contributed by atoms with Crippen LogP contribution in [0.25, 0.3) is 0 Å². The molecule has 0 radical (unpaired) electrons. The number of hydrogen-bond donors (Lipinski definition) is 3. The summed E-state index contributed by atoms with van der Waals surface area (Å²) in [5.74, 6) is -0.269. The summed E-state index contributed by atoms with van der Waals surface area (Å²) < 4.78 is 4.94. The zero-order valence-corrected chi connectivity index (χ0v) is 15.0. The van der Waals surface area contributed by atoms with Crippen LogP contribution in [0, 0.1) is 0 Å². The highest BCUT2D eigenvalue weighted by atomic mass is 32.1. The molecule has 1 rings (SSSR count). The van der Waals surface area contributed by atoms with Gasteiger partial charge in [-0.05, 0) is 43.3 Å². The standard InChI is InChI=1S/C17H25N3O3S/c1-3-4-9-15(21)20-17(24)19-14-8-5-7-13(12-14)16(22)18-10-6-11-23-2/h5,7-8,12H,3-4,6,9-11H2,1-2H3,(H,18,22)(H2,19,20,21,24). The molecule has 24 heavy (non-hydrogen) atoms. The van der Waals surface area contributed by atoms with Crippen LogP contribution in [0.4, 0.5) is 5.69 Å². The molecule has 0 saturated heterocycles. The highest BCUT2D eigenvalue weighted by Crippen LogP contribution is 2.10. The molecular formula is C17H25N3O3S. The van der Waals surface area contributed by atoms with Crippen LogP contribution in [0.2, 0.25) is 0 Å². The Morgan fingerprint density at radius 3 is 2.75 bits per heavy atom. The van der Waals surface area contributed by atoms with Crippen molar-refractivity contribution in [2.75, 3.05) is 25.6 Å². The first-order valence-corrected chi connectivity index (χ1v) is 8.45. The summed E-state index contributed by atoms with van der Waals surface area (Å²) in [6.07, 6.45) is 2.98. The van der Waals surface area contributed by atoms with E-state index >= 15 is 0 Å². The molecule has 0 aliphatic rings. The number of hydrogen-bond acceptors (Lipinski definition) is 4. The van der Waals surface area contributed by atoms with Crippen LogP contribution in [-0.2, 0) is 9.53 Å². The molecule has 1 aromatic rings. The van der Waals surface area contributed by atoms with Crippen molar-refractivity contribution >= 4 is 34.8 Å². The molecule has 6 nitrogen and oxygen atoms in total. The molecule has 7 heteroatoms. The van der Waals surface area contributed by atoms with Gasteiger partial charge in [-0.15, -0.1) is 0 Å². The average Bonchev–Trinajstić information content (AvgIpc) is 2.56. The maximum Gasteiger partial charge on any atom is 0.251 e. The Bertz CT molecular complexity index is 564. The molecule has 0 unspecified atom stereocenters. The summed E-state index contributed by atoms with van der Waals surface area (Å²) in [5.41, 5.74) is 1.18. The monoisotopic (exact) mass is 351 g/mol. The lowest BCUT2D eigenvalue weighted by molar-refractivity contribution is -0.119. The van der Waals surface area contributed by atoms with Crippen molar-refractivity contribution in [3.05, 3.63) is 29.8 Å². The number of methoxy groups -OCH3 is 1. The number of nitrogens with one attached hydrogen (secondary N) is 3. The highest BCUT2D eigenvalue weighted by molar-refractivity contribution is 7.80. The summed E-state index contributed by atoms with van der Waals surface area (Å²) in [5, 5.41) is 8.60. The molecule has 0 bridgehead atoms. The second-order valence-corrected chi connectivity index (χ2v) is 5.70. The van der Waals surface area contributed by atoms with Gasteiger partial charge in [-0.25, -0.2) is 0 Å². The number of unbranched alkanes of at least 4 members (excludes halogenated alkanes) is 1. The summed E-state index contributed by atoms with van der Waals surface area (Å²) in [6.45, 7) is 3.18. The third-order valence-corrected chi connectivity index (χ3v) is 3.41. The van der Waals surface area contributed by atoms with Gasteiger partial charge in [-0.2, -0.15) is 0 Å². The summed E-state index contributed by atoms with van der Waals surface area (Å²) in [6, 6.07) is 6.95. The molecule has 0 spiro atoms. The van der Waals surface area contributed by atoms with Gasteiger partial charge in [0, 0.05) is 37.9 Å². The zero-order chi connectivity index (χ0) is 17.8. The van der Waals surface area contributed by atoms with E-state index in [1.54, 1.807) is 31.4 Å². The van der Waals surface area contributed by atoms with E-state index in [0.29, 0.717) is 30.8 Å². The van der Waals surface area contributed by atoms with Crippen molar-refractivity contribution in [2.45, 2.75) is 32.6 Å². The Labute approximate surface area is 148 Å². The first kappa shape index (κ1) is 20.1. The normalized spacial score (nSPS) is 10.1. The van der Waals surface area contributed by atoms with Gasteiger partial charge in [0.05, 0.1) is 0 Å². The molecule has 0 heterocycles. The first-order valence-electron chi connectivity index (χ1n) is 8.04. The lowest BCUT2D eigenvalue weighted by atomic mass is 10.2. The van der Waals surface area contributed by atoms with Gasteiger partial charge in [0.2, 0.25) is 5.91 Å². The number of rotatable bonds is 9. The van der Waals surface area contributed by atoms with E-state index in [4.69, 9.17) is 17.0 Å². The van der Waals surface area contributed by atoms with Crippen LogP contribution in [0.3, 0.4) is 0 Å². The topological polar surface area (TPSA) is 79.5 Å². The fraction of sp³-hybridized carbons (Fsp3) is 0.471. The van der Waals surface area contributed by atoms with E-state index < -0.39 is 0 Å². The molecule has 1 aromatic carbocycles. The number of benzene rings is 1. The van der Waals surface area contributed by atoms with Crippen LogP contribution in [0.1, 0.15) is 43.0 Å². The van der Waals surface area contributed by atoms with Gasteiger partial charge in [-0.3, -0.25) is 9.59 Å². The summed E-state index contributed by atoms with van der Waals surface area (Å²) in [7, 11) is 1.63. The average molecular weight is 351 g/mol. The number of ether oxygens (including phenoxy) is 1. The minimum absolute atomic E-state index is 0.110. The van der Waals surface area contributed by atoms with Gasteiger partial charge in [-0.1, -0.05) is 19.4 Å². The van der Waals surface area contributed by atoms with Gasteiger partial charge in [0.25, 0.3) is 5.91 Å². The second kappa shape index (κ2) is 11.5. The van der Waals surface area contributed by atoms with E-state index in [-0.39, 0.29) is 16.9 Å². The molecule has 2 amide bonds. The van der Waals surface area contributed by atoms with Crippen molar-refractivity contribution in [3.63, 3.8) is 0 Å². The smallest absolute Gasteiger partial charge is 0.251 e. The van der Waals surface area contributed by atoms with E-state index in [0.717, 1.165) is 19.3 Å². The lowest BCUT2D eigenvalue weighted by Crippen LogP contribution is -2.34.